The van der Waals surface area contributed by atoms with Crippen LogP contribution in [0.4, 0.5) is 4.39 Å². The molecule has 16 heavy (non-hydrogen) atoms. The van der Waals surface area contributed by atoms with Gasteiger partial charge in [0.15, 0.2) is 0 Å². The van der Waals surface area contributed by atoms with Crippen molar-refractivity contribution in [3.8, 4) is 0 Å². The number of hydrogen-bond acceptors (Lipinski definition) is 2. The molecule has 0 aromatic heterocycles. The van der Waals surface area contributed by atoms with E-state index in [1.807, 2.05) is 20.8 Å². The van der Waals surface area contributed by atoms with Crippen LogP contribution in [0.15, 0.2) is 24.8 Å². The standard InChI is InChI=1S/C13H19FN2/c1-9(2)16(15)8-11(4)13-6-5-12(14)7-10(13)3/h5-7,9H,4,8,15H2,1-3H3. The molecule has 0 saturated heterocycles. The number of hydrogen-bond donors (Lipinski definition) is 1. The third-order valence-electron chi connectivity index (χ3n) is 2.61. The lowest BCUT2D eigenvalue weighted by atomic mass is 10.0. The van der Waals surface area contributed by atoms with Gasteiger partial charge in [-0.25, -0.2) is 9.40 Å². The fourth-order valence-corrected chi connectivity index (χ4v) is 1.51. The van der Waals surface area contributed by atoms with Gasteiger partial charge in [0, 0.05) is 12.6 Å². The lowest BCUT2D eigenvalue weighted by Gasteiger charge is -2.22. The Balaban J connectivity index is 2.81. The van der Waals surface area contributed by atoms with Gasteiger partial charge in [0.05, 0.1) is 0 Å². The van der Waals surface area contributed by atoms with Crippen LogP contribution in [0, 0.1) is 12.7 Å². The lowest BCUT2D eigenvalue weighted by Crippen LogP contribution is -2.38. The third-order valence-corrected chi connectivity index (χ3v) is 2.61. The van der Waals surface area contributed by atoms with Crippen molar-refractivity contribution in [2.75, 3.05) is 6.54 Å². The van der Waals surface area contributed by atoms with Crippen molar-refractivity contribution >= 4 is 5.57 Å². The molecular weight excluding hydrogens is 203 g/mol. The van der Waals surface area contributed by atoms with E-state index in [1.165, 1.54) is 12.1 Å². The highest BCUT2D eigenvalue weighted by molar-refractivity contribution is 5.67. The number of nitrogens with zero attached hydrogens (tertiary/aromatic N) is 1. The van der Waals surface area contributed by atoms with Gasteiger partial charge in [-0.1, -0.05) is 12.6 Å². The van der Waals surface area contributed by atoms with E-state index in [0.717, 1.165) is 16.7 Å². The summed E-state index contributed by atoms with van der Waals surface area (Å²) in [6.45, 7) is 10.5. The Morgan fingerprint density at radius 1 is 1.50 bits per heavy atom. The maximum atomic E-state index is 12.9. The molecule has 3 heteroatoms. The molecule has 0 saturated carbocycles. The molecule has 2 N–H and O–H groups in total. The Kier molecular flexibility index (Phi) is 4.21. The van der Waals surface area contributed by atoms with E-state index in [0.29, 0.717) is 6.54 Å². The third kappa shape index (κ3) is 3.15. The van der Waals surface area contributed by atoms with Crippen LogP contribution in [0.25, 0.3) is 5.57 Å². The maximum Gasteiger partial charge on any atom is 0.123 e. The number of hydrazine groups is 1. The van der Waals surface area contributed by atoms with Crippen molar-refractivity contribution in [2.24, 2.45) is 5.84 Å². The van der Waals surface area contributed by atoms with Gasteiger partial charge in [-0.2, -0.15) is 0 Å². The Morgan fingerprint density at radius 2 is 2.12 bits per heavy atom. The fourth-order valence-electron chi connectivity index (χ4n) is 1.51. The Bertz CT molecular complexity index is 386. The molecule has 0 aliphatic carbocycles. The molecule has 0 aliphatic heterocycles. The van der Waals surface area contributed by atoms with E-state index in [-0.39, 0.29) is 11.9 Å². The first kappa shape index (κ1) is 12.9. The van der Waals surface area contributed by atoms with E-state index >= 15 is 0 Å². The van der Waals surface area contributed by atoms with E-state index in [9.17, 15) is 4.39 Å². The van der Waals surface area contributed by atoms with Crippen molar-refractivity contribution < 1.29 is 4.39 Å². The molecule has 2 nitrogen and oxygen atoms in total. The van der Waals surface area contributed by atoms with Crippen molar-refractivity contribution in [3.63, 3.8) is 0 Å². The van der Waals surface area contributed by atoms with E-state index in [1.54, 1.807) is 11.1 Å². The van der Waals surface area contributed by atoms with Gasteiger partial charge in [-0.3, -0.25) is 5.84 Å². The zero-order valence-electron chi connectivity index (χ0n) is 10.1. The van der Waals surface area contributed by atoms with Crippen molar-refractivity contribution in [1.82, 2.24) is 5.01 Å². The minimum atomic E-state index is -0.220. The van der Waals surface area contributed by atoms with Crippen LogP contribution >= 0.6 is 0 Å². The van der Waals surface area contributed by atoms with Gasteiger partial charge >= 0.3 is 0 Å². The number of benzene rings is 1. The normalized spacial score (nSPS) is 11.2. The number of aryl methyl sites for hydroxylation is 1. The fraction of sp³-hybridized carbons (Fsp3) is 0.385. The average Bonchev–Trinajstić information content (AvgIpc) is 2.16. The van der Waals surface area contributed by atoms with Crippen molar-refractivity contribution in [3.05, 3.63) is 41.7 Å². The molecule has 0 bridgehead atoms. The largest absolute Gasteiger partial charge is 0.268 e. The molecule has 88 valence electrons. The summed E-state index contributed by atoms with van der Waals surface area (Å²) in [6, 6.07) is 4.97. The van der Waals surface area contributed by atoms with Crippen LogP contribution in [0.5, 0.6) is 0 Å². The van der Waals surface area contributed by atoms with E-state index in [2.05, 4.69) is 6.58 Å². The molecule has 1 aromatic carbocycles. The minimum absolute atomic E-state index is 0.220. The summed E-state index contributed by atoms with van der Waals surface area (Å²) in [6.07, 6.45) is 0. The first-order chi connectivity index (χ1) is 7.41. The molecule has 0 heterocycles. The first-order valence-electron chi connectivity index (χ1n) is 5.37. The molecule has 0 spiro atoms. The highest BCUT2D eigenvalue weighted by Crippen LogP contribution is 2.19. The smallest absolute Gasteiger partial charge is 0.123 e. The molecule has 0 radical (unpaired) electrons. The first-order valence-corrected chi connectivity index (χ1v) is 5.37. The van der Waals surface area contributed by atoms with Crippen LogP contribution in [-0.2, 0) is 0 Å². The molecule has 0 unspecified atom stereocenters. The van der Waals surface area contributed by atoms with Crippen molar-refractivity contribution in [2.45, 2.75) is 26.8 Å². The number of halogens is 1. The minimum Gasteiger partial charge on any atom is -0.268 e. The monoisotopic (exact) mass is 222 g/mol. The Morgan fingerprint density at radius 3 is 2.62 bits per heavy atom. The van der Waals surface area contributed by atoms with Gasteiger partial charge in [0.2, 0.25) is 0 Å². The SMILES string of the molecule is C=C(CN(N)C(C)C)c1ccc(F)cc1C. The highest BCUT2D eigenvalue weighted by atomic mass is 19.1. The maximum absolute atomic E-state index is 12.9. The molecular formula is C13H19FN2. The van der Waals surface area contributed by atoms with Gasteiger partial charge in [-0.05, 0) is 49.6 Å². The van der Waals surface area contributed by atoms with Gasteiger partial charge < -0.3 is 0 Å². The second kappa shape index (κ2) is 5.23. The quantitative estimate of drug-likeness (QED) is 0.627. The number of nitrogens with two attached hydrogens (primary N) is 1. The molecule has 1 aromatic rings. The molecule has 1 rings (SSSR count). The van der Waals surface area contributed by atoms with E-state index in [4.69, 9.17) is 5.84 Å². The predicted octanol–water partition coefficient (Wildman–Crippen LogP) is 2.73. The van der Waals surface area contributed by atoms with Crippen LogP contribution in [0.1, 0.15) is 25.0 Å². The van der Waals surface area contributed by atoms with Crippen molar-refractivity contribution in [1.29, 1.82) is 0 Å². The molecule has 0 aliphatic rings. The summed E-state index contributed by atoms with van der Waals surface area (Å²) < 4.78 is 12.9. The summed E-state index contributed by atoms with van der Waals surface area (Å²) in [7, 11) is 0. The Hall–Kier alpha value is -1.19. The van der Waals surface area contributed by atoms with Crippen LogP contribution in [0.3, 0.4) is 0 Å². The van der Waals surface area contributed by atoms with E-state index < -0.39 is 0 Å². The summed E-state index contributed by atoms with van der Waals surface area (Å²) in [5.41, 5.74) is 2.77. The Labute approximate surface area is 96.5 Å². The predicted molar refractivity (Wildman–Crippen MR) is 66.2 cm³/mol. The summed E-state index contributed by atoms with van der Waals surface area (Å²) in [5.74, 6) is 5.61. The van der Waals surface area contributed by atoms with Crippen LogP contribution in [-0.4, -0.2) is 17.6 Å². The number of rotatable bonds is 4. The van der Waals surface area contributed by atoms with Gasteiger partial charge in [-0.15, -0.1) is 0 Å². The second-order valence-corrected chi connectivity index (χ2v) is 4.33. The highest BCUT2D eigenvalue weighted by Gasteiger charge is 2.09. The summed E-state index contributed by atoms with van der Waals surface area (Å²) in [4.78, 5) is 0. The zero-order valence-corrected chi connectivity index (χ0v) is 10.1. The topological polar surface area (TPSA) is 29.3 Å². The lowest BCUT2D eigenvalue weighted by molar-refractivity contribution is 0.258. The molecule has 0 fully saturated rings. The summed E-state index contributed by atoms with van der Waals surface area (Å²) >= 11 is 0. The van der Waals surface area contributed by atoms with Gasteiger partial charge in [0.1, 0.15) is 5.82 Å². The average molecular weight is 222 g/mol. The molecule has 0 atom stereocenters. The van der Waals surface area contributed by atoms with Gasteiger partial charge in [0.25, 0.3) is 0 Å². The summed E-state index contributed by atoms with van der Waals surface area (Å²) in [5, 5.41) is 1.71. The van der Waals surface area contributed by atoms with Crippen LogP contribution in [0.2, 0.25) is 0 Å². The molecule has 0 amide bonds. The van der Waals surface area contributed by atoms with Crippen LogP contribution < -0.4 is 5.84 Å². The zero-order chi connectivity index (χ0) is 12.3. The second-order valence-electron chi connectivity index (χ2n) is 4.33.